The topological polar surface area (TPSA) is 38.0 Å². The molecule has 0 aromatic heterocycles. The fourth-order valence-electron chi connectivity index (χ4n) is 1.10. The Kier molecular flexibility index (Phi) is 7.12. The van der Waals surface area contributed by atoms with Gasteiger partial charge in [0.1, 0.15) is 0 Å². The van der Waals surface area contributed by atoms with E-state index >= 15 is 0 Å². The van der Waals surface area contributed by atoms with Gasteiger partial charge in [-0.15, -0.1) is 0 Å². The summed E-state index contributed by atoms with van der Waals surface area (Å²) >= 11 is 1.88. The van der Waals surface area contributed by atoms with Crippen LogP contribution in [0.3, 0.4) is 0 Å². The molecule has 0 saturated heterocycles. The molecule has 11 heavy (non-hydrogen) atoms. The van der Waals surface area contributed by atoms with Gasteiger partial charge in [-0.25, -0.2) is 0 Å². The fourth-order valence-corrected chi connectivity index (χ4v) is 1.62. The van der Waals surface area contributed by atoms with E-state index in [-0.39, 0.29) is 0 Å². The van der Waals surface area contributed by atoms with Crippen LogP contribution in [0.25, 0.3) is 0 Å². The van der Waals surface area contributed by atoms with Crippen LogP contribution in [0, 0.1) is 5.92 Å². The van der Waals surface area contributed by atoms with Gasteiger partial charge in [0.15, 0.2) is 0 Å². The molecule has 3 heteroatoms. The molecule has 0 aliphatic rings. The predicted octanol–water partition coefficient (Wildman–Crippen LogP) is 1.62. The van der Waals surface area contributed by atoms with Gasteiger partial charge in [-0.1, -0.05) is 13.8 Å². The van der Waals surface area contributed by atoms with Crippen molar-refractivity contribution in [1.29, 1.82) is 0 Å². The van der Waals surface area contributed by atoms with Crippen LogP contribution in [0.2, 0.25) is 0 Å². The minimum Gasteiger partial charge on any atom is -0.271 e. The summed E-state index contributed by atoms with van der Waals surface area (Å²) in [5.41, 5.74) is 2.85. The van der Waals surface area contributed by atoms with Crippen LogP contribution >= 0.6 is 11.8 Å². The normalized spacial score (nSPS) is 13.9. The quantitative estimate of drug-likeness (QED) is 0.477. The second-order valence-electron chi connectivity index (χ2n) is 3.27. The van der Waals surface area contributed by atoms with Crippen LogP contribution in [0.1, 0.15) is 26.7 Å². The van der Waals surface area contributed by atoms with Gasteiger partial charge >= 0.3 is 0 Å². The number of hydrazine groups is 1. The van der Waals surface area contributed by atoms with E-state index in [1.165, 1.54) is 18.6 Å². The van der Waals surface area contributed by atoms with E-state index in [1.54, 1.807) is 0 Å². The Hall–Kier alpha value is 0.270. The summed E-state index contributed by atoms with van der Waals surface area (Å²) < 4.78 is 0. The molecule has 0 aliphatic heterocycles. The second-order valence-corrected chi connectivity index (χ2v) is 4.26. The lowest BCUT2D eigenvalue weighted by molar-refractivity contribution is 0.418. The predicted molar refractivity (Wildman–Crippen MR) is 53.6 cm³/mol. The van der Waals surface area contributed by atoms with Crippen LogP contribution in [-0.2, 0) is 0 Å². The van der Waals surface area contributed by atoms with Crippen LogP contribution in [0.5, 0.6) is 0 Å². The van der Waals surface area contributed by atoms with Crippen molar-refractivity contribution in [2.45, 2.75) is 32.7 Å². The van der Waals surface area contributed by atoms with Crippen molar-refractivity contribution in [2.75, 3.05) is 12.0 Å². The molecule has 0 aromatic carbocycles. The standard InChI is InChI=1S/C8H20N2S/c1-7(2)6-8(10-9)4-5-11-3/h7-8,10H,4-6,9H2,1-3H3. The van der Waals surface area contributed by atoms with Crippen molar-refractivity contribution >= 4 is 11.8 Å². The molecule has 1 atom stereocenters. The maximum Gasteiger partial charge on any atom is 0.0220 e. The Morgan fingerprint density at radius 2 is 2.09 bits per heavy atom. The lowest BCUT2D eigenvalue weighted by atomic mass is 10.0. The molecular weight excluding hydrogens is 156 g/mol. The van der Waals surface area contributed by atoms with Gasteiger partial charge in [-0.2, -0.15) is 11.8 Å². The number of rotatable bonds is 6. The van der Waals surface area contributed by atoms with Crippen LogP contribution < -0.4 is 11.3 Å². The lowest BCUT2D eigenvalue weighted by Gasteiger charge is -2.16. The maximum atomic E-state index is 5.40. The highest BCUT2D eigenvalue weighted by Crippen LogP contribution is 2.09. The molecule has 0 rings (SSSR count). The monoisotopic (exact) mass is 176 g/mol. The Morgan fingerprint density at radius 3 is 2.45 bits per heavy atom. The molecule has 68 valence electrons. The largest absolute Gasteiger partial charge is 0.271 e. The molecule has 0 fully saturated rings. The van der Waals surface area contributed by atoms with Gasteiger partial charge in [-0.05, 0) is 30.8 Å². The number of thioether (sulfide) groups is 1. The molecule has 0 saturated carbocycles. The highest BCUT2D eigenvalue weighted by molar-refractivity contribution is 7.98. The Balaban J connectivity index is 3.41. The summed E-state index contributed by atoms with van der Waals surface area (Å²) in [5, 5.41) is 0. The molecule has 0 radical (unpaired) electrons. The van der Waals surface area contributed by atoms with E-state index in [0.29, 0.717) is 6.04 Å². The molecule has 0 aliphatic carbocycles. The fraction of sp³-hybridized carbons (Fsp3) is 1.00. The summed E-state index contributed by atoms with van der Waals surface area (Å²) in [6, 6.07) is 0.502. The van der Waals surface area contributed by atoms with Gasteiger partial charge in [0, 0.05) is 6.04 Å². The van der Waals surface area contributed by atoms with E-state index in [0.717, 1.165) is 5.92 Å². The molecule has 0 bridgehead atoms. The summed E-state index contributed by atoms with van der Waals surface area (Å²) in [5.74, 6) is 7.33. The molecule has 0 aromatic rings. The van der Waals surface area contributed by atoms with Crippen molar-refractivity contribution in [1.82, 2.24) is 5.43 Å². The van der Waals surface area contributed by atoms with E-state index in [2.05, 4.69) is 25.5 Å². The van der Waals surface area contributed by atoms with Gasteiger partial charge < -0.3 is 0 Å². The third-order valence-electron chi connectivity index (χ3n) is 1.66. The zero-order valence-corrected chi connectivity index (χ0v) is 8.58. The molecule has 0 spiro atoms. The summed E-state index contributed by atoms with van der Waals surface area (Å²) in [6.07, 6.45) is 4.48. The smallest absolute Gasteiger partial charge is 0.0220 e. The SMILES string of the molecule is CSCCC(CC(C)C)NN. The van der Waals surface area contributed by atoms with Crippen molar-refractivity contribution < 1.29 is 0 Å². The van der Waals surface area contributed by atoms with E-state index in [1.807, 2.05) is 11.8 Å². The first-order valence-corrected chi connectivity index (χ1v) is 5.55. The third-order valence-corrected chi connectivity index (χ3v) is 2.31. The number of nitrogens with one attached hydrogen (secondary N) is 1. The van der Waals surface area contributed by atoms with E-state index in [4.69, 9.17) is 5.84 Å². The molecule has 1 unspecified atom stereocenters. The van der Waals surface area contributed by atoms with Crippen molar-refractivity contribution in [2.24, 2.45) is 11.8 Å². The highest BCUT2D eigenvalue weighted by Gasteiger charge is 2.07. The zero-order chi connectivity index (χ0) is 8.69. The number of hydrogen-bond donors (Lipinski definition) is 2. The maximum absolute atomic E-state index is 5.40. The first-order chi connectivity index (χ1) is 5.20. The summed E-state index contributed by atoms with van der Waals surface area (Å²) in [6.45, 7) is 4.45. The highest BCUT2D eigenvalue weighted by atomic mass is 32.2. The van der Waals surface area contributed by atoms with Crippen molar-refractivity contribution in [3.05, 3.63) is 0 Å². The number of nitrogens with two attached hydrogens (primary N) is 1. The number of hydrogen-bond acceptors (Lipinski definition) is 3. The van der Waals surface area contributed by atoms with Gasteiger partial charge in [0.05, 0.1) is 0 Å². The molecule has 2 nitrogen and oxygen atoms in total. The van der Waals surface area contributed by atoms with Crippen LogP contribution in [-0.4, -0.2) is 18.1 Å². The first-order valence-electron chi connectivity index (χ1n) is 4.15. The van der Waals surface area contributed by atoms with Gasteiger partial charge in [0.25, 0.3) is 0 Å². The average Bonchev–Trinajstić information content (AvgIpc) is 1.97. The molecule has 0 heterocycles. The van der Waals surface area contributed by atoms with Crippen LogP contribution in [0.15, 0.2) is 0 Å². The van der Waals surface area contributed by atoms with Crippen LogP contribution in [0.4, 0.5) is 0 Å². The van der Waals surface area contributed by atoms with E-state index in [9.17, 15) is 0 Å². The summed E-state index contributed by atoms with van der Waals surface area (Å²) in [4.78, 5) is 0. The molecule has 3 N–H and O–H groups in total. The Labute approximate surface area is 74.3 Å². The minimum absolute atomic E-state index is 0.502. The van der Waals surface area contributed by atoms with Gasteiger partial charge in [-0.3, -0.25) is 11.3 Å². The Morgan fingerprint density at radius 1 is 1.45 bits per heavy atom. The van der Waals surface area contributed by atoms with Gasteiger partial charge in [0.2, 0.25) is 0 Å². The summed E-state index contributed by atoms with van der Waals surface area (Å²) in [7, 11) is 0. The Bertz CT molecular complexity index is 86.2. The average molecular weight is 176 g/mol. The van der Waals surface area contributed by atoms with E-state index < -0.39 is 0 Å². The second kappa shape index (κ2) is 6.95. The van der Waals surface area contributed by atoms with Crippen molar-refractivity contribution in [3.63, 3.8) is 0 Å². The minimum atomic E-state index is 0.502. The molecular formula is C8H20N2S. The van der Waals surface area contributed by atoms with Crippen molar-refractivity contribution in [3.8, 4) is 0 Å². The lowest BCUT2D eigenvalue weighted by Crippen LogP contribution is -2.36. The third kappa shape index (κ3) is 6.66. The molecule has 0 amide bonds. The first kappa shape index (κ1) is 11.3. The zero-order valence-electron chi connectivity index (χ0n) is 7.76.